The van der Waals surface area contributed by atoms with Crippen LogP contribution in [-0.4, -0.2) is 24.1 Å². The Morgan fingerprint density at radius 3 is 2.81 bits per heavy atom. The molecular formula is C12H12O4. The van der Waals surface area contributed by atoms with Gasteiger partial charge in [-0.25, -0.2) is 0 Å². The van der Waals surface area contributed by atoms with E-state index in [0.717, 1.165) is 0 Å². The van der Waals surface area contributed by atoms with Gasteiger partial charge in [-0.05, 0) is 11.8 Å². The van der Waals surface area contributed by atoms with E-state index in [9.17, 15) is 9.59 Å². The van der Waals surface area contributed by atoms with Gasteiger partial charge in [0.2, 0.25) is 0 Å². The fraction of sp³-hybridized carbons (Fsp3) is 0.667. The number of carbonyl (C=O) groups is 2. The molecule has 0 radical (unpaired) electrons. The molecule has 3 fully saturated rings. The maximum atomic E-state index is 11.6. The first-order chi connectivity index (χ1) is 7.68. The van der Waals surface area contributed by atoms with E-state index in [0.29, 0.717) is 17.8 Å². The van der Waals surface area contributed by atoms with Crippen molar-refractivity contribution in [2.24, 2.45) is 29.6 Å². The molecule has 0 aromatic carbocycles. The SMILES string of the molecule is CC(=O)O[C@@H]1[C@H]2C=C[C@@H]3[C@H]4C(=O)O[C@@H]1[C@@H]4[C@@H]23. The Morgan fingerprint density at radius 1 is 1.31 bits per heavy atom. The van der Waals surface area contributed by atoms with Gasteiger partial charge >= 0.3 is 11.9 Å². The third-order valence-corrected chi connectivity index (χ3v) is 4.63. The van der Waals surface area contributed by atoms with Crippen LogP contribution in [0.1, 0.15) is 6.92 Å². The monoisotopic (exact) mass is 220 g/mol. The number of carbonyl (C=O) groups excluding carboxylic acids is 2. The van der Waals surface area contributed by atoms with Crippen LogP contribution in [0.25, 0.3) is 0 Å². The normalized spacial score (nSPS) is 54.6. The molecule has 1 heterocycles. The Kier molecular flexibility index (Phi) is 1.37. The molecule has 4 aliphatic rings. The van der Waals surface area contributed by atoms with Gasteiger partial charge in [0.25, 0.3) is 0 Å². The molecule has 7 atom stereocenters. The van der Waals surface area contributed by atoms with Crippen molar-refractivity contribution in [2.75, 3.05) is 0 Å². The highest BCUT2D eigenvalue weighted by Gasteiger charge is 2.73. The number of hydrogen-bond acceptors (Lipinski definition) is 4. The molecule has 0 amide bonds. The number of ether oxygens (including phenoxy) is 2. The average molecular weight is 220 g/mol. The molecule has 2 saturated carbocycles. The molecule has 0 aromatic heterocycles. The molecule has 1 saturated heterocycles. The van der Waals surface area contributed by atoms with Gasteiger partial charge in [-0.15, -0.1) is 0 Å². The van der Waals surface area contributed by atoms with E-state index in [1.807, 2.05) is 0 Å². The predicted molar refractivity (Wildman–Crippen MR) is 52.0 cm³/mol. The second-order valence-corrected chi connectivity index (χ2v) is 5.20. The Morgan fingerprint density at radius 2 is 2.06 bits per heavy atom. The molecule has 0 spiro atoms. The minimum absolute atomic E-state index is 0.0387. The summed E-state index contributed by atoms with van der Waals surface area (Å²) in [5, 5.41) is 0. The minimum atomic E-state index is -0.289. The quantitative estimate of drug-likeness (QED) is 0.477. The van der Waals surface area contributed by atoms with Crippen molar-refractivity contribution in [1.29, 1.82) is 0 Å². The third-order valence-electron chi connectivity index (χ3n) is 4.63. The zero-order valence-electron chi connectivity index (χ0n) is 8.83. The number of hydrogen-bond donors (Lipinski definition) is 0. The van der Waals surface area contributed by atoms with Crippen LogP contribution in [0, 0.1) is 29.6 Å². The van der Waals surface area contributed by atoms with E-state index < -0.39 is 0 Å². The van der Waals surface area contributed by atoms with Gasteiger partial charge in [0.1, 0.15) is 12.2 Å². The van der Waals surface area contributed by atoms with Crippen LogP contribution >= 0.6 is 0 Å². The number of fused-ring (bicyclic) bond motifs is 1. The summed E-state index contributed by atoms with van der Waals surface area (Å²) in [6.45, 7) is 1.41. The average Bonchev–Trinajstić information content (AvgIpc) is 2.69. The highest BCUT2D eigenvalue weighted by atomic mass is 16.6. The fourth-order valence-corrected chi connectivity index (χ4v) is 4.19. The summed E-state index contributed by atoms with van der Waals surface area (Å²) >= 11 is 0. The van der Waals surface area contributed by atoms with Gasteiger partial charge < -0.3 is 9.47 Å². The van der Waals surface area contributed by atoms with Crippen molar-refractivity contribution in [3.63, 3.8) is 0 Å². The van der Waals surface area contributed by atoms with Crippen molar-refractivity contribution in [2.45, 2.75) is 19.1 Å². The van der Waals surface area contributed by atoms with E-state index >= 15 is 0 Å². The highest BCUT2D eigenvalue weighted by Crippen LogP contribution is 2.66. The smallest absolute Gasteiger partial charge is 0.310 e. The molecule has 1 aliphatic heterocycles. The van der Waals surface area contributed by atoms with Crippen molar-refractivity contribution in [3.05, 3.63) is 12.2 Å². The number of esters is 2. The predicted octanol–water partition coefficient (Wildman–Crippen LogP) is 0.521. The standard InChI is InChI=1S/C12H12O4/c1-4(13)15-10-6-3-2-5-7(6)9-8(5)12(14)16-11(9)10/h2-3,5-11H,1H3/t5-,6-,7+,8+,9+,10+,11+/m0/s1. The van der Waals surface area contributed by atoms with Crippen LogP contribution in [-0.2, 0) is 19.1 Å². The van der Waals surface area contributed by atoms with E-state index in [-0.39, 0.29) is 36.0 Å². The molecule has 16 heavy (non-hydrogen) atoms. The number of rotatable bonds is 1. The van der Waals surface area contributed by atoms with Crippen molar-refractivity contribution in [3.8, 4) is 0 Å². The first-order valence-electron chi connectivity index (χ1n) is 5.74. The van der Waals surface area contributed by atoms with E-state index in [2.05, 4.69) is 12.2 Å². The van der Waals surface area contributed by atoms with Gasteiger partial charge in [0.15, 0.2) is 0 Å². The Bertz CT molecular complexity index is 427. The molecule has 0 aromatic rings. The molecule has 0 unspecified atom stereocenters. The summed E-state index contributed by atoms with van der Waals surface area (Å²) < 4.78 is 10.7. The van der Waals surface area contributed by atoms with Crippen molar-refractivity contribution in [1.82, 2.24) is 0 Å². The van der Waals surface area contributed by atoms with Crippen LogP contribution in [0.3, 0.4) is 0 Å². The largest absolute Gasteiger partial charge is 0.458 e. The molecule has 3 aliphatic carbocycles. The lowest BCUT2D eigenvalue weighted by molar-refractivity contribution is -0.163. The lowest BCUT2D eigenvalue weighted by atomic mass is 9.59. The summed E-state index contributed by atoms with van der Waals surface area (Å²) in [6.07, 6.45) is 3.79. The summed E-state index contributed by atoms with van der Waals surface area (Å²) in [5.74, 6) is 1.03. The summed E-state index contributed by atoms with van der Waals surface area (Å²) in [6, 6.07) is 0. The van der Waals surface area contributed by atoms with Gasteiger partial charge in [-0.1, -0.05) is 12.2 Å². The first kappa shape index (κ1) is 8.79. The van der Waals surface area contributed by atoms with Crippen LogP contribution in [0.5, 0.6) is 0 Å². The molecule has 4 nitrogen and oxygen atoms in total. The molecule has 84 valence electrons. The van der Waals surface area contributed by atoms with E-state index in [1.54, 1.807) is 0 Å². The topological polar surface area (TPSA) is 52.6 Å². The summed E-state index contributed by atoms with van der Waals surface area (Å²) in [7, 11) is 0. The molecular weight excluding hydrogens is 208 g/mol. The summed E-state index contributed by atoms with van der Waals surface area (Å²) in [5.41, 5.74) is 0. The van der Waals surface area contributed by atoms with E-state index in [1.165, 1.54) is 6.92 Å². The van der Waals surface area contributed by atoms with Crippen molar-refractivity contribution >= 4 is 11.9 Å². The maximum Gasteiger partial charge on any atom is 0.310 e. The number of allylic oxidation sites excluding steroid dienone is 1. The second kappa shape index (κ2) is 2.50. The third kappa shape index (κ3) is 0.761. The highest BCUT2D eigenvalue weighted by molar-refractivity contribution is 5.79. The Balaban J connectivity index is 1.73. The molecule has 0 N–H and O–H groups in total. The maximum absolute atomic E-state index is 11.6. The van der Waals surface area contributed by atoms with E-state index in [4.69, 9.17) is 9.47 Å². The zero-order valence-corrected chi connectivity index (χ0v) is 8.83. The first-order valence-corrected chi connectivity index (χ1v) is 5.74. The Hall–Kier alpha value is -1.32. The van der Waals surface area contributed by atoms with Crippen LogP contribution in [0.15, 0.2) is 12.2 Å². The lowest BCUT2D eigenvalue weighted by Gasteiger charge is -2.40. The van der Waals surface area contributed by atoms with Gasteiger partial charge in [0, 0.05) is 18.8 Å². The van der Waals surface area contributed by atoms with Crippen molar-refractivity contribution < 1.29 is 19.1 Å². The van der Waals surface area contributed by atoms with Crippen LogP contribution in [0.2, 0.25) is 0 Å². The molecule has 0 bridgehead atoms. The molecule has 4 rings (SSSR count). The second-order valence-electron chi connectivity index (χ2n) is 5.20. The minimum Gasteiger partial charge on any atom is -0.458 e. The zero-order chi connectivity index (χ0) is 11.0. The van der Waals surface area contributed by atoms with Crippen LogP contribution in [0.4, 0.5) is 0 Å². The van der Waals surface area contributed by atoms with Crippen LogP contribution < -0.4 is 0 Å². The Labute approximate surface area is 92.6 Å². The fourth-order valence-electron chi connectivity index (χ4n) is 4.19. The van der Waals surface area contributed by atoms with Gasteiger partial charge in [-0.2, -0.15) is 0 Å². The van der Waals surface area contributed by atoms with Gasteiger partial charge in [0.05, 0.1) is 5.92 Å². The molecule has 4 heteroatoms. The van der Waals surface area contributed by atoms with Gasteiger partial charge in [-0.3, -0.25) is 9.59 Å². The lowest BCUT2D eigenvalue weighted by Crippen LogP contribution is -2.44. The summed E-state index contributed by atoms with van der Waals surface area (Å²) in [4.78, 5) is 22.7.